The minimum absolute atomic E-state index is 0.0484. The Labute approximate surface area is 153 Å². The van der Waals surface area contributed by atoms with Crippen molar-refractivity contribution in [3.8, 4) is 0 Å². The van der Waals surface area contributed by atoms with E-state index in [-0.39, 0.29) is 17.1 Å². The van der Waals surface area contributed by atoms with Crippen LogP contribution in [0.1, 0.15) is 51.5 Å². The average Bonchev–Trinajstić information content (AvgIpc) is 2.84. The van der Waals surface area contributed by atoms with E-state index in [4.69, 9.17) is 0 Å². The molecule has 0 saturated heterocycles. The van der Waals surface area contributed by atoms with E-state index in [1.54, 1.807) is 0 Å². The molecular formula is C22H26F4. The summed E-state index contributed by atoms with van der Waals surface area (Å²) in [5.41, 5.74) is 0.955. The van der Waals surface area contributed by atoms with Gasteiger partial charge in [0.25, 0.3) is 0 Å². The SMILES string of the molecule is C\C=C(/C=C(F)\C(=C/CF)c1ccc(F)c(F)c1)C1CCCC(C)CC1. The van der Waals surface area contributed by atoms with Crippen molar-refractivity contribution in [2.24, 2.45) is 11.8 Å². The lowest BCUT2D eigenvalue weighted by molar-refractivity contribution is 0.489. The molecule has 0 spiro atoms. The zero-order valence-corrected chi connectivity index (χ0v) is 15.4. The van der Waals surface area contributed by atoms with Crippen molar-refractivity contribution in [1.29, 1.82) is 0 Å². The van der Waals surface area contributed by atoms with Crippen molar-refractivity contribution in [1.82, 2.24) is 0 Å². The second-order valence-corrected chi connectivity index (χ2v) is 6.99. The van der Waals surface area contributed by atoms with E-state index in [1.165, 1.54) is 18.6 Å². The third-order valence-electron chi connectivity index (χ3n) is 5.12. The first-order chi connectivity index (χ1) is 12.5. The fraction of sp³-hybridized carbons (Fsp3) is 0.455. The predicted octanol–water partition coefficient (Wildman–Crippen LogP) is 7.33. The van der Waals surface area contributed by atoms with E-state index in [2.05, 4.69) is 6.92 Å². The second-order valence-electron chi connectivity index (χ2n) is 6.99. The largest absolute Gasteiger partial charge is 0.247 e. The van der Waals surface area contributed by atoms with Crippen molar-refractivity contribution in [2.75, 3.05) is 6.67 Å². The number of halogens is 4. The second kappa shape index (κ2) is 9.75. The highest BCUT2D eigenvalue weighted by molar-refractivity contribution is 5.77. The van der Waals surface area contributed by atoms with Crippen molar-refractivity contribution < 1.29 is 17.6 Å². The summed E-state index contributed by atoms with van der Waals surface area (Å²) in [6.07, 6.45) is 9.76. The predicted molar refractivity (Wildman–Crippen MR) is 99.0 cm³/mol. The van der Waals surface area contributed by atoms with E-state index in [9.17, 15) is 17.6 Å². The Morgan fingerprint density at radius 1 is 1.12 bits per heavy atom. The number of benzene rings is 1. The number of rotatable bonds is 5. The van der Waals surface area contributed by atoms with Gasteiger partial charge in [-0.15, -0.1) is 0 Å². The molecule has 0 aromatic heterocycles. The molecule has 0 heterocycles. The Morgan fingerprint density at radius 2 is 1.88 bits per heavy atom. The standard InChI is InChI=1S/C22H26F4/c1-3-16(17-6-4-5-15(2)7-8-17)13-21(25)19(11-12-23)18-9-10-20(24)22(26)14-18/h3,9-11,13-15,17H,4-8,12H2,1-2H3/b16-3+,19-11-,21-13+. The van der Waals surface area contributed by atoms with Gasteiger partial charge in [0.1, 0.15) is 12.5 Å². The maximum absolute atomic E-state index is 14.9. The summed E-state index contributed by atoms with van der Waals surface area (Å²) in [6, 6.07) is 3.08. The lowest BCUT2D eigenvalue weighted by Crippen LogP contribution is -2.02. The molecule has 0 nitrogen and oxygen atoms in total. The van der Waals surface area contributed by atoms with Crippen LogP contribution in [0.25, 0.3) is 5.57 Å². The molecule has 0 bridgehead atoms. The average molecular weight is 366 g/mol. The van der Waals surface area contributed by atoms with Crippen molar-refractivity contribution in [3.05, 3.63) is 65.0 Å². The van der Waals surface area contributed by atoms with Crippen molar-refractivity contribution >= 4 is 5.57 Å². The van der Waals surface area contributed by atoms with Gasteiger partial charge >= 0.3 is 0 Å². The van der Waals surface area contributed by atoms with Crippen LogP contribution < -0.4 is 0 Å². The zero-order chi connectivity index (χ0) is 19.1. The zero-order valence-electron chi connectivity index (χ0n) is 15.4. The molecule has 4 heteroatoms. The highest BCUT2D eigenvalue weighted by atomic mass is 19.2. The summed E-state index contributed by atoms with van der Waals surface area (Å²) in [7, 11) is 0. The van der Waals surface area contributed by atoms with Gasteiger partial charge in [0.2, 0.25) is 0 Å². The third-order valence-corrected chi connectivity index (χ3v) is 5.12. The lowest BCUT2D eigenvalue weighted by atomic mass is 9.89. The summed E-state index contributed by atoms with van der Waals surface area (Å²) in [5, 5.41) is 0. The molecule has 142 valence electrons. The Kier molecular flexibility index (Phi) is 7.67. The van der Waals surface area contributed by atoms with Crippen molar-refractivity contribution in [2.45, 2.75) is 46.0 Å². The van der Waals surface area contributed by atoms with E-state index in [0.717, 1.165) is 49.5 Å². The Bertz CT molecular complexity index is 700. The van der Waals surface area contributed by atoms with Crippen LogP contribution in [0.4, 0.5) is 17.6 Å². The fourth-order valence-electron chi connectivity index (χ4n) is 3.58. The molecule has 0 radical (unpaired) electrons. The number of hydrogen-bond donors (Lipinski definition) is 0. The summed E-state index contributed by atoms with van der Waals surface area (Å²) in [5.74, 6) is -1.77. The maximum atomic E-state index is 14.9. The first-order valence-corrected chi connectivity index (χ1v) is 9.21. The number of hydrogen-bond acceptors (Lipinski definition) is 0. The number of allylic oxidation sites excluding steroid dienone is 6. The summed E-state index contributed by atoms with van der Waals surface area (Å²) in [4.78, 5) is 0. The van der Waals surface area contributed by atoms with Crippen LogP contribution in [0.15, 0.2) is 47.8 Å². The highest BCUT2D eigenvalue weighted by Gasteiger charge is 2.20. The van der Waals surface area contributed by atoms with Crippen LogP contribution in [0.2, 0.25) is 0 Å². The molecule has 1 saturated carbocycles. The summed E-state index contributed by atoms with van der Waals surface area (Å²) < 4.78 is 54.4. The van der Waals surface area contributed by atoms with E-state index >= 15 is 0 Å². The van der Waals surface area contributed by atoms with Crippen LogP contribution in [-0.4, -0.2) is 6.67 Å². The molecule has 0 amide bonds. The molecule has 0 N–H and O–H groups in total. The monoisotopic (exact) mass is 366 g/mol. The molecule has 1 aromatic rings. The summed E-state index contributed by atoms with van der Waals surface area (Å²) in [6.45, 7) is 3.21. The van der Waals surface area contributed by atoms with Crippen LogP contribution in [0.5, 0.6) is 0 Å². The molecule has 2 unspecified atom stereocenters. The molecule has 26 heavy (non-hydrogen) atoms. The van der Waals surface area contributed by atoms with E-state index in [0.29, 0.717) is 5.92 Å². The van der Waals surface area contributed by atoms with E-state index < -0.39 is 24.1 Å². The third kappa shape index (κ3) is 5.33. The Balaban J connectivity index is 2.30. The minimum atomic E-state index is -1.08. The smallest absolute Gasteiger partial charge is 0.159 e. The minimum Gasteiger partial charge on any atom is -0.247 e. The number of alkyl halides is 1. The Morgan fingerprint density at radius 3 is 2.54 bits per heavy atom. The topological polar surface area (TPSA) is 0 Å². The first kappa shape index (κ1) is 20.5. The normalized spacial score (nSPS) is 23.1. The van der Waals surface area contributed by atoms with Gasteiger partial charge in [0.15, 0.2) is 11.6 Å². The molecule has 2 rings (SSSR count). The van der Waals surface area contributed by atoms with Gasteiger partial charge in [-0.25, -0.2) is 17.6 Å². The molecule has 1 fully saturated rings. The first-order valence-electron chi connectivity index (χ1n) is 9.21. The molecule has 1 aliphatic carbocycles. The molecular weight excluding hydrogens is 340 g/mol. The van der Waals surface area contributed by atoms with Crippen LogP contribution >= 0.6 is 0 Å². The van der Waals surface area contributed by atoms with Crippen molar-refractivity contribution in [3.63, 3.8) is 0 Å². The molecule has 1 aromatic carbocycles. The van der Waals surface area contributed by atoms with Gasteiger partial charge in [0, 0.05) is 5.57 Å². The van der Waals surface area contributed by atoms with Gasteiger partial charge in [0.05, 0.1) is 0 Å². The van der Waals surface area contributed by atoms with Gasteiger partial charge in [-0.05, 0) is 67.0 Å². The quantitative estimate of drug-likeness (QED) is 0.291. The van der Waals surface area contributed by atoms with Crippen LogP contribution in [0, 0.1) is 23.5 Å². The van der Waals surface area contributed by atoms with Gasteiger partial charge < -0.3 is 0 Å². The Hall–Kier alpha value is -1.84. The lowest BCUT2D eigenvalue weighted by Gasteiger charge is -2.16. The maximum Gasteiger partial charge on any atom is 0.159 e. The van der Waals surface area contributed by atoms with Gasteiger partial charge in [-0.3, -0.25) is 0 Å². The highest BCUT2D eigenvalue weighted by Crippen LogP contribution is 2.34. The molecule has 1 aliphatic rings. The van der Waals surface area contributed by atoms with Gasteiger partial charge in [-0.2, -0.15) is 0 Å². The van der Waals surface area contributed by atoms with Crippen LogP contribution in [0.3, 0.4) is 0 Å². The van der Waals surface area contributed by atoms with E-state index in [1.807, 2.05) is 13.0 Å². The molecule has 0 aliphatic heterocycles. The molecule has 2 atom stereocenters. The van der Waals surface area contributed by atoms with Gasteiger partial charge in [-0.1, -0.05) is 38.3 Å². The fourth-order valence-corrected chi connectivity index (χ4v) is 3.58. The van der Waals surface area contributed by atoms with Crippen LogP contribution in [-0.2, 0) is 0 Å². The summed E-state index contributed by atoms with van der Waals surface area (Å²) >= 11 is 0.